The molecule has 1 aliphatic heterocycles. The van der Waals surface area contributed by atoms with E-state index in [9.17, 15) is 14.7 Å². The van der Waals surface area contributed by atoms with Crippen molar-refractivity contribution in [2.75, 3.05) is 19.7 Å². The molecule has 0 bridgehead atoms. The highest BCUT2D eigenvalue weighted by molar-refractivity contribution is 5.95. The van der Waals surface area contributed by atoms with Crippen LogP contribution in [0.15, 0.2) is 66.7 Å². The summed E-state index contributed by atoms with van der Waals surface area (Å²) >= 11 is 0. The average Bonchev–Trinajstić information content (AvgIpc) is 3.17. The molecule has 0 aliphatic carbocycles. The summed E-state index contributed by atoms with van der Waals surface area (Å²) in [6.07, 6.45) is 0.641. The molecule has 0 radical (unpaired) electrons. The summed E-state index contributed by atoms with van der Waals surface area (Å²) < 4.78 is 2.15. The largest absolute Gasteiger partial charge is 0.396 e. The summed E-state index contributed by atoms with van der Waals surface area (Å²) in [4.78, 5) is 27.6. The molecule has 1 fully saturated rings. The number of aliphatic hydroxyl groups excluding tert-OH is 1. The monoisotopic (exact) mass is 431 g/mol. The van der Waals surface area contributed by atoms with E-state index in [1.165, 1.54) is 0 Å². The van der Waals surface area contributed by atoms with Crippen LogP contribution in [0.25, 0.3) is 5.69 Å². The molecule has 2 aromatic carbocycles. The molecule has 2 atom stereocenters. The molecule has 0 spiro atoms. The molecule has 1 saturated heterocycles. The van der Waals surface area contributed by atoms with Crippen LogP contribution in [0.5, 0.6) is 0 Å². The second-order valence-electron chi connectivity index (χ2n) is 8.43. The van der Waals surface area contributed by atoms with E-state index in [-0.39, 0.29) is 30.4 Å². The lowest BCUT2D eigenvalue weighted by molar-refractivity contribution is 0.0541. The van der Waals surface area contributed by atoms with Gasteiger partial charge >= 0.3 is 0 Å². The number of amides is 2. The molecular formula is C26H29N3O3. The van der Waals surface area contributed by atoms with Crippen molar-refractivity contribution < 1.29 is 14.7 Å². The molecule has 1 aliphatic rings. The van der Waals surface area contributed by atoms with Gasteiger partial charge in [-0.25, -0.2) is 0 Å². The minimum Gasteiger partial charge on any atom is -0.396 e. The van der Waals surface area contributed by atoms with Crippen LogP contribution in [0.4, 0.5) is 0 Å². The minimum atomic E-state index is -0.296. The number of hydrogen-bond donors (Lipinski definition) is 2. The summed E-state index contributed by atoms with van der Waals surface area (Å²) in [6, 6.07) is 20.5. The topological polar surface area (TPSA) is 74.6 Å². The molecule has 1 aromatic heterocycles. The first-order valence-electron chi connectivity index (χ1n) is 11.0. The highest BCUT2D eigenvalue weighted by Gasteiger charge is 2.32. The Morgan fingerprint density at radius 2 is 1.59 bits per heavy atom. The van der Waals surface area contributed by atoms with Crippen molar-refractivity contribution in [1.29, 1.82) is 0 Å². The number of hydrogen-bond acceptors (Lipinski definition) is 3. The highest BCUT2D eigenvalue weighted by Crippen LogP contribution is 2.22. The van der Waals surface area contributed by atoms with Crippen molar-refractivity contribution in [2.45, 2.75) is 26.3 Å². The minimum absolute atomic E-state index is 0.0218. The van der Waals surface area contributed by atoms with E-state index in [2.05, 4.69) is 35.9 Å². The van der Waals surface area contributed by atoms with Gasteiger partial charge in [0, 0.05) is 53.8 Å². The van der Waals surface area contributed by atoms with Crippen molar-refractivity contribution >= 4 is 11.8 Å². The Bertz CT molecular complexity index is 1070. The third kappa shape index (κ3) is 4.46. The maximum Gasteiger partial charge on any atom is 0.253 e. The summed E-state index contributed by atoms with van der Waals surface area (Å²) in [5, 5.41) is 12.8. The van der Waals surface area contributed by atoms with Gasteiger partial charge in [0.1, 0.15) is 0 Å². The zero-order valence-corrected chi connectivity index (χ0v) is 18.5. The van der Waals surface area contributed by atoms with Crippen LogP contribution in [0, 0.1) is 19.8 Å². The van der Waals surface area contributed by atoms with Crippen molar-refractivity contribution in [1.82, 2.24) is 14.8 Å². The summed E-state index contributed by atoms with van der Waals surface area (Å²) in [5.41, 5.74) is 4.49. The standard InChI is InChI=1S/C26H29N3O3/c1-18-8-9-19(2)29(18)23-12-10-21(11-13-23)26(32)28-15-14-22(17-30)24(16-28)27-25(31)20-6-4-3-5-7-20/h3-13,22,24,30H,14-17H2,1-2H3,(H,27,31). The van der Waals surface area contributed by atoms with Crippen LogP contribution in [0.1, 0.15) is 38.5 Å². The number of likely N-dealkylation sites (tertiary alicyclic amines) is 1. The van der Waals surface area contributed by atoms with E-state index in [1.807, 2.05) is 42.5 Å². The zero-order valence-electron chi connectivity index (χ0n) is 18.5. The van der Waals surface area contributed by atoms with Crippen LogP contribution in [-0.4, -0.2) is 52.1 Å². The Labute approximate surface area is 188 Å². The van der Waals surface area contributed by atoms with Crippen LogP contribution >= 0.6 is 0 Å². The van der Waals surface area contributed by atoms with Crippen molar-refractivity contribution in [2.24, 2.45) is 5.92 Å². The Morgan fingerprint density at radius 1 is 0.938 bits per heavy atom. The fraction of sp³-hybridized carbons (Fsp3) is 0.308. The van der Waals surface area contributed by atoms with E-state index in [0.29, 0.717) is 30.6 Å². The highest BCUT2D eigenvalue weighted by atomic mass is 16.3. The number of aromatic nitrogens is 1. The second-order valence-corrected chi connectivity index (χ2v) is 8.43. The lowest BCUT2D eigenvalue weighted by atomic mass is 9.91. The van der Waals surface area contributed by atoms with Crippen molar-refractivity contribution in [3.05, 3.63) is 89.2 Å². The van der Waals surface area contributed by atoms with E-state index in [4.69, 9.17) is 0 Å². The van der Waals surface area contributed by atoms with Gasteiger partial charge in [-0.3, -0.25) is 9.59 Å². The predicted molar refractivity (Wildman–Crippen MR) is 124 cm³/mol. The van der Waals surface area contributed by atoms with Gasteiger partial charge < -0.3 is 19.9 Å². The molecule has 32 heavy (non-hydrogen) atoms. The molecule has 4 rings (SSSR count). The number of benzene rings is 2. The number of piperidine rings is 1. The molecule has 3 aromatic rings. The number of aliphatic hydroxyl groups is 1. The fourth-order valence-corrected chi connectivity index (χ4v) is 4.42. The Balaban J connectivity index is 1.47. The van der Waals surface area contributed by atoms with Gasteiger partial charge in [-0.1, -0.05) is 18.2 Å². The Kier molecular flexibility index (Phi) is 6.42. The van der Waals surface area contributed by atoms with Crippen molar-refractivity contribution in [3.63, 3.8) is 0 Å². The van der Waals surface area contributed by atoms with Crippen LogP contribution in [0.3, 0.4) is 0 Å². The summed E-state index contributed by atoms with van der Waals surface area (Å²) in [6.45, 7) is 5.02. The summed E-state index contributed by atoms with van der Waals surface area (Å²) in [5.74, 6) is -0.327. The van der Waals surface area contributed by atoms with Gasteiger partial charge in [0.25, 0.3) is 11.8 Å². The SMILES string of the molecule is Cc1ccc(C)n1-c1ccc(C(=O)N2CCC(CO)C(NC(=O)c3ccccc3)C2)cc1. The van der Waals surface area contributed by atoms with Crippen LogP contribution < -0.4 is 5.32 Å². The average molecular weight is 432 g/mol. The smallest absolute Gasteiger partial charge is 0.253 e. The molecule has 2 amide bonds. The number of rotatable bonds is 5. The Morgan fingerprint density at radius 3 is 2.22 bits per heavy atom. The first-order valence-corrected chi connectivity index (χ1v) is 11.0. The molecular weight excluding hydrogens is 402 g/mol. The molecule has 166 valence electrons. The normalized spacial score (nSPS) is 18.4. The van der Waals surface area contributed by atoms with Gasteiger partial charge in [-0.05, 0) is 68.8 Å². The van der Waals surface area contributed by atoms with Crippen molar-refractivity contribution in [3.8, 4) is 5.69 Å². The molecule has 0 saturated carbocycles. The first-order chi connectivity index (χ1) is 15.5. The third-order valence-corrected chi connectivity index (χ3v) is 6.27. The lowest BCUT2D eigenvalue weighted by Gasteiger charge is -2.38. The molecule has 2 heterocycles. The van der Waals surface area contributed by atoms with Gasteiger partial charge in [-0.15, -0.1) is 0 Å². The van der Waals surface area contributed by atoms with E-state index in [1.54, 1.807) is 17.0 Å². The maximum atomic E-state index is 13.2. The van der Waals surface area contributed by atoms with Crippen LogP contribution in [0.2, 0.25) is 0 Å². The van der Waals surface area contributed by atoms with Gasteiger partial charge in [0.2, 0.25) is 0 Å². The molecule has 6 nitrogen and oxygen atoms in total. The third-order valence-electron chi connectivity index (χ3n) is 6.27. The molecule has 6 heteroatoms. The van der Waals surface area contributed by atoms with E-state index >= 15 is 0 Å². The zero-order chi connectivity index (χ0) is 22.7. The van der Waals surface area contributed by atoms with Gasteiger partial charge in [0.15, 0.2) is 0 Å². The predicted octanol–water partition coefficient (Wildman–Crippen LogP) is 3.35. The maximum absolute atomic E-state index is 13.2. The van der Waals surface area contributed by atoms with E-state index in [0.717, 1.165) is 17.1 Å². The Hall–Kier alpha value is -3.38. The second kappa shape index (κ2) is 9.40. The lowest BCUT2D eigenvalue weighted by Crippen LogP contribution is -2.55. The number of nitrogens with zero attached hydrogens (tertiary/aromatic N) is 2. The van der Waals surface area contributed by atoms with Gasteiger partial charge in [0.05, 0.1) is 6.04 Å². The van der Waals surface area contributed by atoms with E-state index < -0.39 is 0 Å². The number of aryl methyl sites for hydroxylation is 2. The first kappa shape index (κ1) is 21.8. The molecule has 2 unspecified atom stereocenters. The summed E-state index contributed by atoms with van der Waals surface area (Å²) in [7, 11) is 0. The fourth-order valence-electron chi connectivity index (χ4n) is 4.42. The van der Waals surface area contributed by atoms with Gasteiger partial charge in [-0.2, -0.15) is 0 Å². The number of carbonyl (C=O) groups excluding carboxylic acids is 2. The van der Waals surface area contributed by atoms with Crippen LogP contribution in [-0.2, 0) is 0 Å². The quantitative estimate of drug-likeness (QED) is 0.651. The number of nitrogens with one attached hydrogen (secondary N) is 1. The molecule has 2 N–H and O–H groups in total. The number of carbonyl (C=O) groups is 2.